The maximum absolute atomic E-state index is 12.8. The van der Waals surface area contributed by atoms with Crippen LogP contribution in [0.3, 0.4) is 0 Å². The van der Waals surface area contributed by atoms with Crippen LogP contribution in [0.25, 0.3) is 0 Å². The van der Waals surface area contributed by atoms with E-state index in [4.69, 9.17) is 9.47 Å². The number of esters is 1. The van der Waals surface area contributed by atoms with Crippen LogP contribution in [-0.4, -0.2) is 5.97 Å². The van der Waals surface area contributed by atoms with Crippen molar-refractivity contribution in [2.45, 2.75) is 25.9 Å². The summed E-state index contributed by atoms with van der Waals surface area (Å²) >= 11 is 0. The first-order chi connectivity index (χ1) is 12.6. The molecule has 0 aromatic heterocycles. The van der Waals surface area contributed by atoms with Gasteiger partial charge in [0.1, 0.15) is 23.5 Å². The second-order valence-corrected chi connectivity index (χ2v) is 6.78. The van der Waals surface area contributed by atoms with Crippen molar-refractivity contribution in [2.24, 2.45) is 0 Å². The molecule has 1 aliphatic heterocycles. The molecular weight excluding hydrogens is 324 g/mol. The summed E-state index contributed by atoms with van der Waals surface area (Å²) in [5.41, 5.74) is 3.01. The highest BCUT2D eigenvalue weighted by atomic mass is 16.5. The third-order valence-corrected chi connectivity index (χ3v) is 4.95. The Hall–Kier alpha value is -3.07. The van der Waals surface area contributed by atoms with E-state index in [1.807, 2.05) is 86.6 Å². The van der Waals surface area contributed by atoms with Gasteiger partial charge in [0.15, 0.2) is 0 Å². The van der Waals surface area contributed by atoms with Crippen molar-refractivity contribution in [1.29, 1.82) is 0 Å². The second kappa shape index (κ2) is 6.34. The Balaban J connectivity index is 1.75. The predicted molar refractivity (Wildman–Crippen MR) is 100 cm³/mol. The molecule has 0 N–H and O–H groups in total. The van der Waals surface area contributed by atoms with Crippen molar-refractivity contribution in [3.05, 3.63) is 95.1 Å². The topological polar surface area (TPSA) is 35.5 Å². The molecule has 0 saturated heterocycles. The predicted octanol–water partition coefficient (Wildman–Crippen LogP) is 4.80. The minimum atomic E-state index is -0.880. The van der Waals surface area contributed by atoms with E-state index in [2.05, 4.69) is 0 Å². The average molecular weight is 344 g/mol. The molecule has 0 spiro atoms. The van der Waals surface area contributed by atoms with E-state index in [1.165, 1.54) is 0 Å². The quantitative estimate of drug-likeness (QED) is 0.504. The van der Waals surface area contributed by atoms with Crippen LogP contribution in [0.2, 0.25) is 0 Å². The molecule has 3 aromatic carbocycles. The van der Waals surface area contributed by atoms with Crippen molar-refractivity contribution in [1.82, 2.24) is 0 Å². The molecule has 0 amide bonds. The molecule has 0 bridgehead atoms. The zero-order valence-corrected chi connectivity index (χ0v) is 14.9. The highest BCUT2D eigenvalue weighted by Crippen LogP contribution is 2.47. The summed E-state index contributed by atoms with van der Waals surface area (Å²) < 4.78 is 11.6. The lowest BCUT2D eigenvalue weighted by Gasteiger charge is -2.24. The first kappa shape index (κ1) is 16.4. The number of ether oxygens (including phenoxy) is 2. The highest BCUT2D eigenvalue weighted by Gasteiger charge is 2.48. The van der Waals surface area contributed by atoms with E-state index in [1.54, 1.807) is 0 Å². The van der Waals surface area contributed by atoms with Crippen LogP contribution < -0.4 is 9.47 Å². The van der Waals surface area contributed by atoms with Crippen LogP contribution in [0, 0.1) is 6.92 Å². The Kier molecular flexibility index (Phi) is 4.00. The zero-order chi connectivity index (χ0) is 18.1. The van der Waals surface area contributed by atoms with Crippen LogP contribution in [0.5, 0.6) is 11.5 Å². The average Bonchev–Trinajstić information content (AvgIpc) is 2.92. The van der Waals surface area contributed by atoms with Crippen molar-refractivity contribution >= 4 is 5.97 Å². The molecule has 26 heavy (non-hydrogen) atoms. The van der Waals surface area contributed by atoms with Gasteiger partial charge in [-0.2, -0.15) is 0 Å². The normalized spacial score (nSPS) is 18.3. The van der Waals surface area contributed by atoms with Gasteiger partial charge < -0.3 is 9.47 Å². The van der Waals surface area contributed by atoms with Gasteiger partial charge in [0.2, 0.25) is 0 Å². The van der Waals surface area contributed by atoms with Gasteiger partial charge >= 0.3 is 5.97 Å². The number of carbonyl (C=O) groups is 1. The van der Waals surface area contributed by atoms with Gasteiger partial charge in [-0.05, 0) is 31.5 Å². The number of para-hydroxylation sites is 1. The van der Waals surface area contributed by atoms with Crippen molar-refractivity contribution in [3.8, 4) is 11.5 Å². The van der Waals surface area contributed by atoms with Gasteiger partial charge in [0.25, 0.3) is 0 Å². The molecule has 3 aromatic rings. The van der Waals surface area contributed by atoms with E-state index >= 15 is 0 Å². The number of rotatable bonds is 4. The maximum Gasteiger partial charge on any atom is 0.326 e. The van der Waals surface area contributed by atoms with Gasteiger partial charge in [-0.3, -0.25) is 4.79 Å². The molecule has 130 valence electrons. The van der Waals surface area contributed by atoms with E-state index in [9.17, 15) is 4.79 Å². The summed E-state index contributed by atoms with van der Waals surface area (Å²) in [6, 6.07) is 23.5. The van der Waals surface area contributed by atoms with Crippen LogP contribution in [0.4, 0.5) is 0 Å². The third kappa shape index (κ3) is 2.66. The fourth-order valence-electron chi connectivity index (χ4n) is 3.43. The Morgan fingerprint density at radius 3 is 2.46 bits per heavy atom. The summed E-state index contributed by atoms with van der Waals surface area (Å²) in [4.78, 5) is 12.8. The number of aryl methyl sites for hydroxylation is 1. The van der Waals surface area contributed by atoms with Gasteiger partial charge in [0, 0.05) is 11.1 Å². The van der Waals surface area contributed by atoms with Crippen molar-refractivity contribution in [3.63, 3.8) is 0 Å². The highest BCUT2D eigenvalue weighted by molar-refractivity contribution is 5.94. The Labute approximate surface area is 153 Å². The lowest BCUT2D eigenvalue weighted by molar-refractivity contribution is -0.136. The van der Waals surface area contributed by atoms with Gasteiger partial charge in [-0.1, -0.05) is 66.2 Å². The summed E-state index contributed by atoms with van der Waals surface area (Å²) in [6.45, 7) is 4.37. The lowest BCUT2D eigenvalue weighted by atomic mass is 9.76. The van der Waals surface area contributed by atoms with Gasteiger partial charge in [-0.15, -0.1) is 0 Å². The van der Waals surface area contributed by atoms with E-state index in [0.29, 0.717) is 18.1 Å². The van der Waals surface area contributed by atoms with Crippen molar-refractivity contribution < 1.29 is 14.3 Å². The summed E-state index contributed by atoms with van der Waals surface area (Å²) in [5, 5.41) is 0. The third-order valence-electron chi connectivity index (χ3n) is 4.95. The van der Waals surface area contributed by atoms with Crippen LogP contribution >= 0.6 is 0 Å². The van der Waals surface area contributed by atoms with Gasteiger partial charge in [0.05, 0.1) is 0 Å². The van der Waals surface area contributed by atoms with Gasteiger partial charge in [-0.25, -0.2) is 0 Å². The molecule has 1 atom stereocenters. The summed E-state index contributed by atoms with van der Waals surface area (Å²) in [5.74, 6) is 1.06. The number of hydrogen-bond donors (Lipinski definition) is 0. The number of hydrogen-bond acceptors (Lipinski definition) is 3. The molecule has 0 fully saturated rings. The smallest absolute Gasteiger partial charge is 0.326 e. The standard InChI is InChI=1S/C23H20O3/c1-16-12-13-21-19(14-16)23(2,22(24)26-21)18-10-6-7-11-20(18)25-15-17-8-4-3-5-9-17/h3-14H,15H2,1-2H3. The Bertz CT molecular complexity index is 962. The number of carbonyl (C=O) groups excluding carboxylic acids is 1. The molecule has 3 heteroatoms. The molecule has 1 heterocycles. The molecule has 0 aliphatic carbocycles. The molecule has 1 aliphatic rings. The van der Waals surface area contributed by atoms with E-state index in [0.717, 1.165) is 22.3 Å². The monoisotopic (exact) mass is 344 g/mol. The minimum absolute atomic E-state index is 0.270. The summed E-state index contributed by atoms with van der Waals surface area (Å²) in [6.07, 6.45) is 0. The maximum atomic E-state index is 12.8. The number of fused-ring (bicyclic) bond motifs is 1. The molecule has 0 radical (unpaired) electrons. The van der Waals surface area contributed by atoms with E-state index in [-0.39, 0.29) is 5.97 Å². The van der Waals surface area contributed by atoms with E-state index < -0.39 is 5.41 Å². The lowest BCUT2D eigenvalue weighted by Crippen LogP contribution is -2.32. The molecule has 3 nitrogen and oxygen atoms in total. The largest absolute Gasteiger partial charge is 0.489 e. The second-order valence-electron chi connectivity index (χ2n) is 6.78. The molecule has 1 unspecified atom stereocenters. The van der Waals surface area contributed by atoms with Crippen LogP contribution in [-0.2, 0) is 16.8 Å². The van der Waals surface area contributed by atoms with Crippen LogP contribution in [0.15, 0.2) is 72.8 Å². The van der Waals surface area contributed by atoms with Crippen LogP contribution in [0.1, 0.15) is 29.2 Å². The molecule has 0 saturated carbocycles. The molecule has 4 rings (SSSR count). The first-order valence-corrected chi connectivity index (χ1v) is 8.68. The number of benzene rings is 3. The fourth-order valence-corrected chi connectivity index (χ4v) is 3.43. The zero-order valence-electron chi connectivity index (χ0n) is 14.9. The summed E-state index contributed by atoms with van der Waals surface area (Å²) in [7, 11) is 0. The Morgan fingerprint density at radius 1 is 0.923 bits per heavy atom. The minimum Gasteiger partial charge on any atom is -0.489 e. The van der Waals surface area contributed by atoms with Crippen molar-refractivity contribution in [2.75, 3.05) is 0 Å². The SMILES string of the molecule is Cc1ccc2c(c1)C(C)(c1ccccc1OCc1ccccc1)C(=O)O2. The first-order valence-electron chi connectivity index (χ1n) is 8.68. The Morgan fingerprint density at radius 2 is 1.65 bits per heavy atom. The molecular formula is C23H20O3. The fraction of sp³-hybridized carbons (Fsp3) is 0.174.